The summed E-state index contributed by atoms with van der Waals surface area (Å²) in [5.74, 6) is -1.66. The van der Waals surface area contributed by atoms with Crippen molar-refractivity contribution in [2.75, 3.05) is 20.3 Å². The minimum absolute atomic E-state index is 0.121. The largest absolute Gasteiger partial charge is 0.479 e. The zero-order chi connectivity index (χ0) is 12.9. The Bertz CT molecular complexity index is 394. The Balaban J connectivity index is 2.95. The fraction of sp³-hybridized carbons (Fsp3) is 0.417. The number of methoxy groups -OCH3 is 1. The molecule has 0 spiro atoms. The molecule has 0 fully saturated rings. The maximum atomic E-state index is 13.1. The van der Waals surface area contributed by atoms with Gasteiger partial charge in [0, 0.05) is 7.11 Å². The van der Waals surface area contributed by atoms with Crippen molar-refractivity contribution in [2.24, 2.45) is 0 Å². The Kier molecular flexibility index (Phi) is 4.60. The number of rotatable bonds is 6. The fourth-order valence-electron chi connectivity index (χ4n) is 1.38. The summed E-state index contributed by atoms with van der Waals surface area (Å²) in [5, 5.41) is 9.19. The lowest BCUT2D eigenvalue weighted by molar-refractivity contribution is -0.166. The van der Waals surface area contributed by atoms with Crippen LogP contribution in [0.5, 0.6) is 0 Å². The van der Waals surface area contributed by atoms with Gasteiger partial charge in [0.1, 0.15) is 5.82 Å². The van der Waals surface area contributed by atoms with Gasteiger partial charge in [0.05, 0.1) is 13.2 Å². The molecule has 17 heavy (non-hydrogen) atoms. The zero-order valence-corrected chi connectivity index (χ0v) is 9.77. The quantitative estimate of drug-likeness (QED) is 0.773. The zero-order valence-electron chi connectivity index (χ0n) is 9.77. The average molecular weight is 242 g/mol. The average Bonchev–Trinajstić information content (AvgIpc) is 2.29. The maximum absolute atomic E-state index is 13.1. The number of hydrogen-bond donors (Lipinski definition) is 1. The summed E-state index contributed by atoms with van der Waals surface area (Å²) in [6.07, 6.45) is 0. The number of carboxylic acids is 1. The number of carboxylic acid groups (broad SMARTS) is 1. The molecule has 1 rings (SSSR count). The second-order valence-corrected chi connectivity index (χ2v) is 3.69. The van der Waals surface area contributed by atoms with Crippen LogP contribution >= 0.6 is 0 Å². The topological polar surface area (TPSA) is 55.8 Å². The minimum Gasteiger partial charge on any atom is -0.479 e. The van der Waals surface area contributed by atoms with E-state index in [0.29, 0.717) is 0 Å². The van der Waals surface area contributed by atoms with Gasteiger partial charge >= 0.3 is 5.97 Å². The van der Waals surface area contributed by atoms with Crippen LogP contribution in [0.2, 0.25) is 0 Å². The highest BCUT2D eigenvalue weighted by Crippen LogP contribution is 2.26. The molecule has 1 aromatic carbocycles. The van der Waals surface area contributed by atoms with E-state index in [0.717, 1.165) is 6.07 Å². The molecule has 1 atom stereocenters. The number of aliphatic carboxylic acids is 1. The predicted molar refractivity (Wildman–Crippen MR) is 59.2 cm³/mol. The number of hydrogen-bond acceptors (Lipinski definition) is 3. The van der Waals surface area contributed by atoms with E-state index >= 15 is 0 Å². The Morgan fingerprint density at radius 2 is 2.18 bits per heavy atom. The molecule has 0 bridgehead atoms. The Labute approximate surface area is 99.0 Å². The van der Waals surface area contributed by atoms with Gasteiger partial charge in [-0.3, -0.25) is 0 Å². The van der Waals surface area contributed by atoms with E-state index in [1.54, 1.807) is 0 Å². The summed E-state index contributed by atoms with van der Waals surface area (Å²) in [7, 11) is 1.49. The van der Waals surface area contributed by atoms with Crippen molar-refractivity contribution >= 4 is 5.97 Å². The fourth-order valence-corrected chi connectivity index (χ4v) is 1.38. The number of carbonyl (C=O) groups is 1. The molecule has 1 unspecified atom stereocenters. The molecule has 0 aromatic heterocycles. The maximum Gasteiger partial charge on any atom is 0.340 e. The monoisotopic (exact) mass is 242 g/mol. The molecule has 1 aromatic rings. The molecule has 0 aliphatic rings. The first kappa shape index (κ1) is 13.6. The molecule has 4 nitrogen and oxygen atoms in total. The van der Waals surface area contributed by atoms with Crippen LogP contribution in [-0.4, -0.2) is 31.4 Å². The molecule has 94 valence electrons. The second-order valence-electron chi connectivity index (χ2n) is 3.69. The van der Waals surface area contributed by atoms with E-state index in [9.17, 15) is 14.3 Å². The first-order chi connectivity index (χ1) is 8.00. The Morgan fingerprint density at radius 3 is 2.71 bits per heavy atom. The van der Waals surface area contributed by atoms with E-state index in [1.807, 2.05) is 0 Å². The predicted octanol–water partition coefficient (Wildman–Crippen LogP) is 1.79. The highest BCUT2D eigenvalue weighted by molar-refractivity contribution is 5.78. The summed E-state index contributed by atoms with van der Waals surface area (Å²) < 4.78 is 23.1. The van der Waals surface area contributed by atoms with Gasteiger partial charge in [-0.15, -0.1) is 0 Å². The molecular weight excluding hydrogens is 227 g/mol. The summed E-state index contributed by atoms with van der Waals surface area (Å²) in [4.78, 5) is 11.2. The van der Waals surface area contributed by atoms with Crippen molar-refractivity contribution in [1.82, 2.24) is 0 Å². The van der Waals surface area contributed by atoms with Crippen molar-refractivity contribution in [3.8, 4) is 0 Å². The van der Waals surface area contributed by atoms with Crippen LogP contribution in [-0.2, 0) is 19.9 Å². The van der Waals surface area contributed by atoms with Crippen LogP contribution in [0, 0.1) is 5.82 Å². The Morgan fingerprint density at radius 1 is 1.47 bits per heavy atom. The summed E-state index contributed by atoms with van der Waals surface area (Å²) in [6.45, 7) is 1.79. The van der Waals surface area contributed by atoms with Crippen LogP contribution in [0.25, 0.3) is 0 Å². The third-order valence-electron chi connectivity index (χ3n) is 2.46. The van der Waals surface area contributed by atoms with Crippen molar-refractivity contribution < 1.29 is 23.8 Å². The van der Waals surface area contributed by atoms with Gasteiger partial charge < -0.3 is 14.6 Å². The third kappa shape index (κ3) is 3.25. The molecule has 0 heterocycles. The van der Waals surface area contributed by atoms with Crippen LogP contribution in [0.4, 0.5) is 4.39 Å². The molecule has 0 aliphatic carbocycles. The van der Waals surface area contributed by atoms with E-state index in [-0.39, 0.29) is 18.8 Å². The van der Waals surface area contributed by atoms with Crippen LogP contribution in [0.15, 0.2) is 24.3 Å². The summed E-state index contributed by atoms with van der Waals surface area (Å²) >= 11 is 0. The van der Waals surface area contributed by atoms with Crippen molar-refractivity contribution in [1.29, 1.82) is 0 Å². The first-order valence-electron chi connectivity index (χ1n) is 5.13. The minimum atomic E-state index is -1.57. The van der Waals surface area contributed by atoms with Crippen molar-refractivity contribution in [2.45, 2.75) is 12.5 Å². The van der Waals surface area contributed by atoms with Gasteiger partial charge in [0.15, 0.2) is 5.60 Å². The summed E-state index contributed by atoms with van der Waals surface area (Å²) in [5.41, 5.74) is -1.30. The molecule has 0 aliphatic heterocycles. The highest BCUT2D eigenvalue weighted by Gasteiger charge is 2.36. The van der Waals surface area contributed by atoms with Gasteiger partial charge in [-0.1, -0.05) is 12.1 Å². The first-order valence-corrected chi connectivity index (χ1v) is 5.13. The van der Waals surface area contributed by atoms with Crippen molar-refractivity contribution in [3.05, 3.63) is 35.6 Å². The third-order valence-corrected chi connectivity index (χ3v) is 2.46. The summed E-state index contributed by atoms with van der Waals surface area (Å²) in [6, 6.07) is 5.37. The lowest BCUT2D eigenvalue weighted by atomic mass is 9.96. The number of ether oxygens (including phenoxy) is 2. The molecule has 0 saturated heterocycles. The van der Waals surface area contributed by atoms with Gasteiger partial charge in [0.2, 0.25) is 0 Å². The molecule has 5 heteroatoms. The highest BCUT2D eigenvalue weighted by atomic mass is 19.1. The van der Waals surface area contributed by atoms with Crippen LogP contribution in [0.1, 0.15) is 12.5 Å². The molecule has 0 amide bonds. The number of benzene rings is 1. The van der Waals surface area contributed by atoms with E-state index < -0.39 is 17.4 Å². The standard InChI is InChI=1S/C12H15FO4/c1-12(11(14)15,17-7-6-16-2)9-4-3-5-10(13)8-9/h3-5,8H,6-7H2,1-2H3,(H,14,15). The Hall–Kier alpha value is -1.46. The van der Waals surface area contributed by atoms with Gasteiger partial charge in [-0.05, 0) is 24.6 Å². The van der Waals surface area contributed by atoms with Crippen LogP contribution in [0.3, 0.4) is 0 Å². The molecular formula is C12H15FO4. The van der Waals surface area contributed by atoms with E-state index in [4.69, 9.17) is 9.47 Å². The van der Waals surface area contributed by atoms with E-state index in [2.05, 4.69) is 0 Å². The van der Waals surface area contributed by atoms with Crippen molar-refractivity contribution in [3.63, 3.8) is 0 Å². The molecule has 0 saturated carbocycles. The normalized spacial score (nSPS) is 14.3. The molecule has 1 N–H and O–H groups in total. The second kappa shape index (κ2) is 5.75. The SMILES string of the molecule is COCCOC(C)(C(=O)O)c1cccc(F)c1. The lowest BCUT2D eigenvalue weighted by Gasteiger charge is -2.25. The lowest BCUT2D eigenvalue weighted by Crippen LogP contribution is -2.36. The number of halogens is 1. The van der Waals surface area contributed by atoms with Gasteiger partial charge in [-0.25, -0.2) is 9.18 Å². The van der Waals surface area contributed by atoms with Gasteiger partial charge in [-0.2, -0.15) is 0 Å². The van der Waals surface area contributed by atoms with Crippen LogP contribution < -0.4 is 0 Å². The smallest absolute Gasteiger partial charge is 0.340 e. The van der Waals surface area contributed by atoms with Gasteiger partial charge in [0.25, 0.3) is 0 Å². The molecule has 0 radical (unpaired) electrons. The van der Waals surface area contributed by atoms with E-state index in [1.165, 1.54) is 32.2 Å².